The Labute approximate surface area is 199 Å². The van der Waals surface area contributed by atoms with Gasteiger partial charge in [0.1, 0.15) is 17.7 Å². The number of nitrogens with one attached hydrogen (secondary N) is 2. The fraction of sp³-hybridized carbons (Fsp3) is 0.500. The molecule has 2 aliphatic rings. The standard InChI is InChI=1S/C26H33F2N3O3/c1-33-22-10-8-21(9-11-22)29-26(32)30-24-3-2-14-34-25(24)17-31-13-12-19(23(28)16-31)15-18-4-6-20(27)7-5-18/h4-11,19,23-25H,2-3,12-17H2,1H3,(H2,29,30,32)/t19?,23?,24-,25-/m1/s1. The number of rotatable bonds is 7. The third kappa shape index (κ3) is 6.67. The Bertz CT molecular complexity index is 926. The number of hydrogen-bond acceptors (Lipinski definition) is 4. The van der Waals surface area contributed by atoms with E-state index >= 15 is 0 Å². The van der Waals surface area contributed by atoms with Gasteiger partial charge in [0, 0.05) is 25.4 Å². The molecule has 0 radical (unpaired) electrons. The number of carbonyl (C=O) groups excluding carboxylic acids is 1. The summed E-state index contributed by atoms with van der Waals surface area (Å²) in [7, 11) is 1.59. The topological polar surface area (TPSA) is 62.8 Å². The minimum absolute atomic E-state index is 0.0711. The van der Waals surface area contributed by atoms with Gasteiger partial charge in [0.15, 0.2) is 0 Å². The fourth-order valence-electron chi connectivity index (χ4n) is 4.78. The van der Waals surface area contributed by atoms with Crippen molar-refractivity contribution in [1.29, 1.82) is 0 Å². The normalized spacial score (nSPS) is 25.5. The van der Waals surface area contributed by atoms with E-state index in [2.05, 4.69) is 15.5 Å². The molecule has 4 atom stereocenters. The van der Waals surface area contributed by atoms with Crippen molar-refractivity contribution in [3.05, 3.63) is 59.9 Å². The Kier molecular flexibility index (Phi) is 8.34. The molecule has 0 saturated carbocycles. The summed E-state index contributed by atoms with van der Waals surface area (Å²) in [4.78, 5) is 14.7. The monoisotopic (exact) mass is 473 g/mol. The SMILES string of the molecule is COc1ccc(NC(=O)N[C@@H]2CCCO[C@@H]2CN2CCC(Cc3ccc(F)cc3)C(F)C2)cc1. The first-order valence-electron chi connectivity index (χ1n) is 11.9. The van der Waals surface area contributed by atoms with Gasteiger partial charge in [-0.25, -0.2) is 13.6 Å². The van der Waals surface area contributed by atoms with E-state index in [1.165, 1.54) is 12.1 Å². The molecule has 0 bridgehead atoms. The zero-order valence-corrected chi connectivity index (χ0v) is 19.5. The molecule has 2 unspecified atom stereocenters. The zero-order chi connectivity index (χ0) is 23.9. The molecule has 2 fully saturated rings. The highest BCUT2D eigenvalue weighted by molar-refractivity contribution is 5.89. The number of likely N-dealkylation sites (tertiary alicyclic amines) is 1. The number of ether oxygens (including phenoxy) is 2. The van der Waals surface area contributed by atoms with Crippen LogP contribution in [-0.2, 0) is 11.2 Å². The first-order chi connectivity index (χ1) is 16.5. The van der Waals surface area contributed by atoms with E-state index in [1.807, 2.05) is 0 Å². The van der Waals surface area contributed by atoms with Crippen molar-refractivity contribution in [3.8, 4) is 5.75 Å². The second-order valence-electron chi connectivity index (χ2n) is 9.14. The van der Waals surface area contributed by atoms with Crippen LogP contribution in [0, 0.1) is 11.7 Å². The predicted molar refractivity (Wildman–Crippen MR) is 127 cm³/mol. The molecule has 0 aromatic heterocycles. The van der Waals surface area contributed by atoms with Crippen molar-refractivity contribution in [2.45, 2.75) is 44.0 Å². The molecule has 6 nitrogen and oxygen atoms in total. The lowest BCUT2D eigenvalue weighted by Gasteiger charge is -2.39. The number of urea groups is 1. The number of nitrogens with zero attached hydrogens (tertiary/aromatic N) is 1. The van der Waals surface area contributed by atoms with Gasteiger partial charge in [-0.15, -0.1) is 0 Å². The van der Waals surface area contributed by atoms with Crippen LogP contribution in [-0.4, -0.2) is 62.6 Å². The maximum absolute atomic E-state index is 15.0. The van der Waals surface area contributed by atoms with Crippen LogP contribution >= 0.6 is 0 Å². The van der Waals surface area contributed by atoms with Gasteiger partial charge in [0.2, 0.25) is 0 Å². The molecule has 2 aromatic carbocycles. The van der Waals surface area contributed by atoms with Crippen LogP contribution in [0.4, 0.5) is 19.3 Å². The number of methoxy groups -OCH3 is 1. The fourth-order valence-corrected chi connectivity index (χ4v) is 4.78. The quantitative estimate of drug-likeness (QED) is 0.626. The van der Waals surface area contributed by atoms with Crippen LogP contribution in [0.25, 0.3) is 0 Å². The summed E-state index contributed by atoms with van der Waals surface area (Å²) < 4.78 is 39.2. The van der Waals surface area contributed by atoms with E-state index in [4.69, 9.17) is 9.47 Å². The maximum Gasteiger partial charge on any atom is 0.319 e. The van der Waals surface area contributed by atoms with E-state index in [0.29, 0.717) is 31.8 Å². The first kappa shape index (κ1) is 24.4. The number of amides is 2. The molecule has 184 valence electrons. The number of benzene rings is 2. The van der Waals surface area contributed by atoms with Gasteiger partial charge in [0.05, 0.1) is 19.3 Å². The molecular formula is C26H33F2N3O3. The lowest BCUT2D eigenvalue weighted by Crippen LogP contribution is -2.54. The molecule has 2 aliphatic heterocycles. The van der Waals surface area contributed by atoms with Crippen molar-refractivity contribution >= 4 is 11.7 Å². The predicted octanol–water partition coefficient (Wildman–Crippen LogP) is 4.41. The van der Waals surface area contributed by atoms with E-state index < -0.39 is 6.17 Å². The Morgan fingerprint density at radius 2 is 1.91 bits per heavy atom. The second kappa shape index (κ2) is 11.6. The molecule has 2 amide bonds. The van der Waals surface area contributed by atoms with E-state index in [9.17, 15) is 13.6 Å². The number of halogens is 2. The average molecular weight is 474 g/mol. The average Bonchev–Trinajstić information content (AvgIpc) is 2.84. The lowest BCUT2D eigenvalue weighted by atomic mass is 9.88. The number of hydrogen-bond donors (Lipinski definition) is 2. The van der Waals surface area contributed by atoms with Crippen LogP contribution in [0.2, 0.25) is 0 Å². The molecule has 8 heteroatoms. The number of anilines is 1. The summed E-state index contributed by atoms with van der Waals surface area (Å²) in [6, 6.07) is 13.0. The van der Waals surface area contributed by atoms with Crippen molar-refractivity contribution in [2.24, 2.45) is 5.92 Å². The first-order valence-corrected chi connectivity index (χ1v) is 11.9. The summed E-state index contributed by atoms with van der Waals surface area (Å²) in [5.74, 6) is 0.376. The highest BCUT2D eigenvalue weighted by Gasteiger charge is 2.34. The van der Waals surface area contributed by atoms with E-state index in [-0.39, 0.29) is 29.9 Å². The minimum atomic E-state index is -0.952. The Morgan fingerprint density at radius 1 is 1.15 bits per heavy atom. The highest BCUT2D eigenvalue weighted by Crippen LogP contribution is 2.26. The van der Waals surface area contributed by atoms with E-state index in [0.717, 1.165) is 37.1 Å². The largest absolute Gasteiger partial charge is 0.497 e. The molecule has 4 rings (SSSR count). The molecule has 2 N–H and O–H groups in total. The number of carbonyl (C=O) groups is 1. The second-order valence-corrected chi connectivity index (χ2v) is 9.14. The smallest absolute Gasteiger partial charge is 0.319 e. The third-order valence-electron chi connectivity index (χ3n) is 6.71. The van der Waals surface area contributed by atoms with E-state index in [1.54, 1.807) is 43.5 Å². The summed E-state index contributed by atoms with van der Waals surface area (Å²) in [5.41, 5.74) is 1.64. The van der Waals surface area contributed by atoms with Crippen LogP contribution in [0.1, 0.15) is 24.8 Å². The number of piperidine rings is 1. The maximum atomic E-state index is 15.0. The lowest BCUT2D eigenvalue weighted by molar-refractivity contribution is -0.0370. The third-order valence-corrected chi connectivity index (χ3v) is 6.71. The summed E-state index contributed by atoms with van der Waals surface area (Å²) in [6.45, 7) is 2.34. The van der Waals surface area contributed by atoms with Crippen molar-refractivity contribution in [3.63, 3.8) is 0 Å². The van der Waals surface area contributed by atoms with Gasteiger partial charge in [-0.1, -0.05) is 12.1 Å². The number of alkyl halides is 1. The van der Waals surface area contributed by atoms with Gasteiger partial charge in [0.25, 0.3) is 0 Å². The van der Waals surface area contributed by atoms with Gasteiger partial charge in [-0.3, -0.25) is 4.90 Å². The Hall–Kier alpha value is -2.71. The Balaban J connectivity index is 1.27. The highest BCUT2D eigenvalue weighted by atomic mass is 19.1. The summed E-state index contributed by atoms with van der Waals surface area (Å²) in [5, 5.41) is 5.88. The van der Waals surface area contributed by atoms with Crippen LogP contribution in [0.5, 0.6) is 5.75 Å². The van der Waals surface area contributed by atoms with Gasteiger partial charge >= 0.3 is 6.03 Å². The van der Waals surface area contributed by atoms with Gasteiger partial charge < -0.3 is 20.1 Å². The molecule has 2 saturated heterocycles. The van der Waals surface area contributed by atoms with Crippen molar-refractivity contribution in [1.82, 2.24) is 10.2 Å². The van der Waals surface area contributed by atoms with Gasteiger partial charge in [-0.2, -0.15) is 0 Å². The van der Waals surface area contributed by atoms with Crippen molar-refractivity contribution < 1.29 is 23.0 Å². The van der Waals surface area contributed by atoms with Gasteiger partial charge in [-0.05, 0) is 80.1 Å². The summed E-state index contributed by atoms with van der Waals surface area (Å²) >= 11 is 0. The molecule has 2 heterocycles. The van der Waals surface area contributed by atoms with Crippen molar-refractivity contribution in [2.75, 3.05) is 38.7 Å². The van der Waals surface area contributed by atoms with Crippen LogP contribution in [0.15, 0.2) is 48.5 Å². The van der Waals surface area contributed by atoms with Crippen LogP contribution < -0.4 is 15.4 Å². The molecule has 0 aliphatic carbocycles. The summed E-state index contributed by atoms with van der Waals surface area (Å²) in [6.07, 6.45) is 1.91. The molecule has 0 spiro atoms. The minimum Gasteiger partial charge on any atom is -0.497 e. The molecular weight excluding hydrogens is 440 g/mol. The Morgan fingerprint density at radius 3 is 2.62 bits per heavy atom. The zero-order valence-electron chi connectivity index (χ0n) is 19.5. The molecule has 34 heavy (non-hydrogen) atoms. The molecule has 2 aromatic rings. The van der Waals surface area contributed by atoms with Crippen LogP contribution in [0.3, 0.4) is 0 Å².